The van der Waals surface area contributed by atoms with Crippen LogP contribution in [0.2, 0.25) is 0 Å². The van der Waals surface area contributed by atoms with Crippen LogP contribution in [-0.4, -0.2) is 35.0 Å². The molecule has 1 aromatic heterocycles. The van der Waals surface area contributed by atoms with Crippen molar-refractivity contribution in [3.63, 3.8) is 0 Å². The second-order valence-corrected chi connectivity index (χ2v) is 7.88. The van der Waals surface area contributed by atoms with E-state index in [0.29, 0.717) is 23.6 Å². The molecular weight excluding hydrogens is 400 g/mol. The smallest absolute Gasteiger partial charge is 0.251 e. The lowest BCUT2D eigenvalue weighted by molar-refractivity contribution is 0.0940. The number of anilines is 3. The topological polar surface area (TPSA) is 93.9 Å². The first-order valence-corrected chi connectivity index (χ1v) is 10.9. The zero-order valence-corrected chi connectivity index (χ0v) is 18.1. The van der Waals surface area contributed by atoms with Gasteiger partial charge in [-0.2, -0.15) is 10.2 Å². The summed E-state index contributed by atoms with van der Waals surface area (Å²) in [7, 11) is 0. The Morgan fingerprint density at radius 1 is 1.16 bits per heavy atom. The Kier molecular flexibility index (Phi) is 6.61. The van der Waals surface area contributed by atoms with E-state index in [2.05, 4.69) is 33.5 Å². The van der Waals surface area contributed by atoms with Crippen molar-refractivity contribution in [3.8, 4) is 6.07 Å². The number of hydrogen-bond donors (Lipinski definition) is 2. The number of nitriles is 1. The van der Waals surface area contributed by atoms with Crippen LogP contribution in [0.3, 0.4) is 0 Å². The molecule has 7 nitrogen and oxygen atoms in total. The van der Waals surface area contributed by atoms with Crippen molar-refractivity contribution in [1.82, 2.24) is 15.3 Å². The third-order valence-electron chi connectivity index (χ3n) is 5.40. The minimum absolute atomic E-state index is 0.0495. The Balaban J connectivity index is 1.49. The average molecular weight is 427 g/mol. The van der Waals surface area contributed by atoms with E-state index in [9.17, 15) is 4.79 Å². The zero-order chi connectivity index (χ0) is 22.3. The van der Waals surface area contributed by atoms with Gasteiger partial charge in [-0.05, 0) is 43.2 Å². The molecule has 0 aliphatic carbocycles. The largest absolute Gasteiger partial charge is 0.354 e. The monoisotopic (exact) mass is 426 g/mol. The van der Waals surface area contributed by atoms with Crippen LogP contribution in [0, 0.1) is 11.3 Å². The second kappa shape index (κ2) is 9.92. The van der Waals surface area contributed by atoms with Gasteiger partial charge in [0.05, 0.1) is 11.6 Å². The van der Waals surface area contributed by atoms with Crippen LogP contribution in [0.5, 0.6) is 0 Å². The van der Waals surface area contributed by atoms with Gasteiger partial charge in [0, 0.05) is 42.1 Å². The van der Waals surface area contributed by atoms with Crippen molar-refractivity contribution in [1.29, 1.82) is 5.26 Å². The number of carbonyl (C=O) groups is 1. The van der Waals surface area contributed by atoms with Crippen molar-refractivity contribution in [2.75, 3.05) is 23.3 Å². The summed E-state index contributed by atoms with van der Waals surface area (Å²) in [5, 5.41) is 15.5. The Morgan fingerprint density at radius 2 is 2.00 bits per heavy atom. The molecule has 1 amide bonds. The molecule has 1 aliphatic heterocycles. The summed E-state index contributed by atoms with van der Waals surface area (Å²) in [5.41, 5.74) is 2.99. The van der Waals surface area contributed by atoms with Crippen LogP contribution < -0.4 is 15.5 Å². The summed E-state index contributed by atoms with van der Waals surface area (Å²) in [6, 6.07) is 20.8. The minimum atomic E-state index is -0.0495. The first-order valence-electron chi connectivity index (χ1n) is 10.9. The molecular formula is C25H26N6O. The molecule has 4 rings (SSSR count). The summed E-state index contributed by atoms with van der Waals surface area (Å²) in [6.45, 7) is 3.63. The Labute approximate surface area is 188 Å². The first kappa shape index (κ1) is 21.3. The maximum Gasteiger partial charge on any atom is 0.251 e. The summed E-state index contributed by atoms with van der Waals surface area (Å²) in [6.07, 6.45) is 2.69. The van der Waals surface area contributed by atoms with E-state index in [1.807, 2.05) is 48.5 Å². The molecule has 32 heavy (non-hydrogen) atoms. The normalized spacial score (nSPS) is 15.2. The van der Waals surface area contributed by atoms with Gasteiger partial charge in [0.25, 0.3) is 5.91 Å². The predicted molar refractivity (Wildman–Crippen MR) is 125 cm³/mol. The molecule has 1 fully saturated rings. The summed E-state index contributed by atoms with van der Waals surface area (Å²) >= 11 is 0. The highest BCUT2D eigenvalue weighted by molar-refractivity contribution is 5.94. The highest BCUT2D eigenvalue weighted by atomic mass is 16.1. The molecule has 0 unspecified atom stereocenters. The number of benzene rings is 2. The average Bonchev–Trinajstić information content (AvgIpc) is 3.28. The highest BCUT2D eigenvalue weighted by Gasteiger charge is 2.26. The van der Waals surface area contributed by atoms with Gasteiger partial charge in [-0.25, -0.2) is 4.98 Å². The molecule has 0 radical (unpaired) electrons. The van der Waals surface area contributed by atoms with E-state index >= 15 is 0 Å². The van der Waals surface area contributed by atoms with Gasteiger partial charge in [-0.3, -0.25) is 4.79 Å². The molecule has 7 heteroatoms. The summed E-state index contributed by atoms with van der Waals surface area (Å²) < 4.78 is 0. The summed E-state index contributed by atoms with van der Waals surface area (Å²) in [4.78, 5) is 24.1. The van der Waals surface area contributed by atoms with Gasteiger partial charge in [0.1, 0.15) is 5.82 Å². The molecule has 2 N–H and O–H groups in total. The van der Waals surface area contributed by atoms with Crippen LogP contribution in [0.1, 0.15) is 41.4 Å². The predicted octanol–water partition coefficient (Wildman–Crippen LogP) is 4.05. The van der Waals surface area contributed by atoms with Crippen LogP contribution >= 0.6 is 0 Å². The third kappa shape index (κ3) is 5.22. The Hall–Kier alpha value is -3.92. The number of amides is 1. The first-order chi connectivity index (χ1) is 15.6. The molecule has 2 aromatic carbocycles. The lowest BCUT2D eigenvalue weighted by Crippen LogP contribution is -2.37. The number of aryl methyl sites for hydroxylation is 1. The van der Waals surface area contributed by atoms with Gasteiger partial charge in [0.2, 0.25) is 5.95 Å². The van der Waals surface area contributed by atoms with Gasteiger partial charge < -0.3 is 15.5 Å². The highest BCUT2D eigenvalue weighted by Crippen LogP contribution is 2.23. The number of aromatic nitrogens is 2. The van der Waals surface area contributed by atoms with Crippen molar-refractivity contribution < 1.29 is 4.79 Å². The molecule has 0 bridgehead atoms. The van der Waals surface area contributed by atoms with E-state index in [4.69, 9.17) is 10.2 Å². The van der Waals surface area contributed by atoms with Gasteiger partial charge >= 0.3 is 0 Å². The number of nitrogens with zero attached hydrogens (tertiary/aromatic N) is 4. The fourth-order valence-electron chi connectivity index (χ4n) is 3.83. The summed E-state index contributed by atoms with van der Waals surface area (Å²) in [5.74, 6) is 1.31. The Bertz CT molecular complexity index is 1120. The third-order valence-corrected chi connectivity index (χ3v) is 5.40. The van der Waals surface area contributed by atoms with E-state index in [1.54, 1.807) is 12.1 Å². The van der Waals surface area contributed by atoms with Gasteiger partial charge in [-0.15, -0.1) is 0 Å². The Morgan fingerprint density at radius 3 is 2.78 bits per heavy atom. The van der Waals surface area contributed by atoms with Crippen molar-refractivity contribution in [3.05, 3.63) is 77.5 Å². The number of hydrogen-bond acceptors (Lipinski definition) is 6. The molecule has 0 saturated carbocycles. The van der Waals surface area contributed by atoms with E-state index in [0.717, 1.165) is 43.0 Å². The van der Waals surface area contributed by atoms with Crippen LogP contribution in [0.25, 0.3) is 0 Å². The van der Waals surface area contributed by atoms with E-state index < -0.39 is 0 Å². The van der Waals surface area contributed by atoms with E-state index in [1.165, 1.54) is 0 Å². The zero-order valence-electron chi connectivity index (χ0n) is 18.1. The van der Waals surface area contributed by atoms with Gasteiger partial charge in [-0.1, -0.05) is 37.6 Å². The molecule has 3 aromatic rings. The molecule has 1 saturated heterocycles. The quantitative estimate of drug-likeness (QED) is 0.592. The second-order valence-electron chi connectivity index (χ2n) is 7.88. The lowest BCUT2D eigenvalue weighted by atomic mass is 10.2. The number of carbonyl (C=O) groups excluding carboxylic acids is 1. The maximum atomic E-state index is 12.5. The number of nitrogens with one attached hydrogen (secondary N) is 2. The van der Waals surface area contributed by atoms with Crippen LogP contribution in [0.4, 0.5) is 17.5 Å². The lowest BCUT2D eigenvalue weighted by Gasteiger charge is -2.20. The SMILES string of the molecule is CCCc1cc(N2CC[C@H](NC(=O)c3ccccc3)C2)nc(Nc2cccc(C#N)c2)n1. The fraction of sp³-hybridized carbons (Fsp3) is 0.280. The molecule has 1 aliphatic rings. The maximum absolute atomic E-state index is 12.5. The standard InChI is InChI=1S/C25H26N6O/c1-2-7-20-15-23(30-25(28-20)29-21-11-6-8-18(14-21)16-26)31-13-12-22(17-31)27-24(32)19-9-4-3-5-10-19/h3-6,8-11,14-15,22H,2,7,12-13,17H2,1H3,(H,27,32)(H,28,29,30)/t22-/m0/s1. The fourth-order valence-corrected chi connectivity index (χ4v) is 3.83. The van der Waals surface area contributed by atoms with Crippen LogP contribution in [0.15, 0.2) is 60.7 Å². The molecule has 1 atom stereocenters. The number of rotatable bonds is 7. The molecule has 2 heterocycles. The van der Waals surface area contributed by atoms with Crippen molar-refractivity contribution >= 4 is 23.4 Å². The van der Waals surface area contributed by atoms with Crippen LogP contribution in [-0.2, 0) is 6.42 Å². The molecule has 162 valence electrons. The minimum Gasteiger partial charge on any atom is -0.354 e. The van der Waals surface area contributed by atoms with Crippen molar-refractivity contribution in [2.24, 2.45) is 0 Å². The van der Waals surface area contributed by atoms with E-state index in [-0.39, 0.29) is 11.9 Å². The van der Waals surface area contributed by atoms with Crippen molar-refractivity contribution in [2.45, 2.75) is 32.2 Å². The van der Waals surface area contributed by atoms with Gasteiger partial charge in [0.15, 0.2) is 0 Å². The molecule has 0 spiro atoms.